The van der Waals surface area contributed by atoms with Crippen molar-refractivity contribution in [3.8, 4) is 10.4 Å². The normalized spacial score (nSPS) is 11.8. The van der Waals surface area contributed by atoms with Crippen molar-refractivity contribution in [3.63, 3.8) is 0 Å². The third-order valence-corrected chi connectivity index (χ3v) is 6.73. The number of hydrogen-bond donors (Lipinski definition) is 2. The number of rotatable bonds is 5. The molecule has 1 heterocycles. The van der Waals surface area contributed by atoms with Crippen molar-refractivity contribution in [2.24, 2.45) is 0 Å². The van der Waals surface area contributed by atoms with Crippen molar-refractivity contribution < 1.29 is 13.2 Å². The number of carbonyl (C=O) groups excluding carboxylic acids is 1. The molecule has 2 aromatic rings. The molecule has 1 amide bonds. The summed E-state index contributed by atoms with van der Waals surface area (Å²) in [5.41, 5.74) is 1.46. The highest BCUT2D eigenvalue weighted by atomic mass is 79.9. The first-order valence-electron chi connectivity index (χ1n) is 7.17. The molecule has 0 aliphatic rings. The molecule has 6 nitrogen and oxygen atoms in total. The van der Waals surface area contributed by atoms with E-state index in [1.807, 2.05) is 13.0 Å². The molecular weight excluding hydrogens is 414 g/mol. The molecule has 9 heteroatoms. The van der Waals surface area contributed by atoms with Gasteiger partial charge in [-0.15, -0.1) is 0 Å². The van der Waals surface area contributed by atoms with Crippen molar-refractivity contribution in [2.45, 2.75) is 38.6 Å². The highest BCUT2D eigenvalue weighted by Crippen LogP contribution is 2.35. The van der Waals surface area contributed by atoms with Gasteiger partial charge in [0, 0.05) is 17.4 Å². The lowest BCUT2D eigenvalue weighted by Gasteiger charge is -2.12. The van der Waals surface area contributed by atoms with E-state index in [-0.39, 0.29) is 16.8 Å². The van der Waals surface area contributed by atoms with Crippen LogP contribution in [0.15, 0.2) is 27.6 Å². The number of anilines is 1. The summed E-state index contributed by atoms with van der Waals surface area (Å²) in [5, 5.41) is 3.14. The second-order valence-electron chi connectivity index (χ2n) is 5.54. The number of thiazole rings is 1. The Balaban J connectivity index is 2.49. The Morgan fingerprint density at radius 2 is 2.00 bits per heavy atom. The lowest BCUT2D eigenvalue weighted by atomic mass is 10.2. The van der Waals surface area contributed by atoms with Gasteiger partial charge in [0.05, 0.1) is 15.5 Å². The van der Waals surface area contributed by atoms with Crippen LogP contribution >= 0.6 is 27.3 Å². The molecule has 0 saturated carbocycles. The highest BCUT2D eigenvalue weighted by molar-refractivity contribution is 9.10. The Morgan fingerprint density at radius 1 is 1.33 bits per heavy atom. The molecule has 0 aliphatic heterocycles. The number of sulfonamides is 1. The molecular formula is C15H18BrN3O3S2. The molecule has 0 fully saturated rings. The minimum Gasteiger partial charge on any atom is -0.302 e. The van der Waals surface area contributed by atoms with Crippen LogP contribution < -0.4 is 10.0 Å². The van der Waals surface area contributed by atoms with E-state index in [0.717, 1.165) is 16.1 Å². The van der Waals surface area contributed by atoms with Crippen LogP contribution in [0, 0.1) is 6.92 Å². The maximum Gasteiger partial charge on any atom is 0.241 e. The van der Waals surface area contributed by atoms with Crippen molar-refractivity contribution >= 4 is 48.3 Å². The van der Waals surface area contributed by atoms with E-state index >= 15 is 0 Å². The molecule has 0 bridgehead atoms. The number of aromatic nitrogens is 1. The van der Waals surface area contributed by atoms with E-state index in [1.54, 1.807) is 26.0 Å². The van der Waals surface area contributed by atoms with E-state index in [0.29, 0.717) is 9.60 Å². The summed E-state index contributed by atoms with van der Waals surface area (Å²) in [6, 6.07) is 4.91. The lowest BCUT2D eigenvalue weighted by Crippen LogP contribution is -2.30. The minimum atomic E-state index is -3.63. The summed E-state index contributed by atoms with van der Waals surface area (Å²) in [6.45, 7) is 6.77. The molecule has 0 spiro atoms. The van der Waals surface area contributed by atoms with Crippen molar-refractivity contribution in [2.75, 3.05) is 5.32 Å². The van der Waals surface area contributed by atoms with Crippen LogP contribution in [-0.2, 0) is 14.8 Å². The Hall–Kier alpha value is -1.29. The number of nitrogens with zero attached hydrogens (tertiary/aromatic N) is 1. The summed E-state index contributed by atoms with van der Waals surface area (Å²) in [4.78, 5) is 16.4. The van der Waals surface area contributed by atoms with Gasteiger partial charge in [-0.1, -0.05) is 17.4 Å². The van der Waals surface area contributed by atoms with Crippen LogP contribution in [0.5, 0.6) is 0 Å². The number of halogens is 1. The van der Waals surface area contributed by atoms with E-state index in [1.165, 1.54) is 18.3 Å². The SMILES string of the molecule is CC(=O)Nc1nc(C)c(-c2ccc(Br)c(S(=O)(=O)NC(C)C)c2)s1. The van der Waals surface area contributed by atoms with Crippen LogP contribution in [0.1, 0.15) is 26.5 Å². The molecule has 2 rings (SSSR count). The summed E-state index contributed by atoms with van der Waals surface area (Å²) in [5.74, 6) is -0.199. The van der Waals surface area contributed by atoms with Gasteiger partial charge < -0.3 is 5.32 Å². The summed E-state index contributed by atoms with van der Waals surface area (Å²) >= 11 is 4.60. The van der Waals surface area contributed by atoms with Gasteiger partial charge in [-0.3, -0.25) is 4.79 Å². The van der Waals surface area contributed by atoms with Gasteiger partial charge >= 0.3 is 0 Å². The number of benzene rings is 1. The second-order valence-corrected chi connectivity index (χ2v) is 9.07. The number of amides is 1. The standard InChI is InChI=1S/C15H18BrN3O3S2/c1-8(2)19-24(21,22)13-7-11(5-6-12(13)16)14-9(3)17-15(23-14)18-10(4)20/h5-8,19H,1-4H3,(H,17,18,20). The topological polar surface area (TPSA) is 88.2 Å². The lowest BCUT2D eigenvalue weighted by molar-refractivity contribution is -0.114. The van der Waals surface area contributed by atoms with Crippen LogP contribution in [-0.4, -0.2) is 25.4 Å². The van der Waals surface area contributed by atoms with E-state index < -0.39 is 10.0 Å². The van der Waals surface area contributed by atoms with Gasteiger partial charge in [0.1, 0.15) is 0 Å². The van der Waals surface area contributed by atoms with Gasteiger partial charge in [-0.25, -0.2) is 18.1 Å². The van der Waals surface area contributed by atoms with Crippen LogP contribution in [0.3, 0.4) is 0 Å². The molecule has 0 radical (unpaired) electrons. The van der Waals surface area contributed by atoms with Gasteiger partial charge in [-0.2, -0.15) is 0 Å². The van der Waals surface area contributed by atoms with Gasteiger partial charge in [0.2, 0.25) is 15.9 Å². The zero-order valence-electron chi connectivity index (χ0n) is 13.7. The zero-order valence-corrected chi connectivity index (χ0v) is 16.9. The maximum absolute atomic E-state index is 12.5. The van der Waals surface area contributed by atoms with Gasteiger partial charge in [0.15, 0.2) is 5.13 Å². The van der Waals surface area contributed by atoms with E-state index in [4.69, 9.17) is 0 Å². The van der Waals surface area contributed by atoms with Gasteiger partial charge in [-0.05, 0) is 54.4 Å². The molecule has 0 aliphatic carbocycles. The fourth-order valence-corrected chi connectivity index (χ4v) is 5.34. The first kappa shape index (κ1) is 19.0. The highest BCUT2D eigenvalue weighted by Gasteiger charge is 2.21. The summed E-state index contributed by atoms with van der Waals surface area (Å²) in [7, 11) is -3.63. The van der Waals surface area contributed by atoms with E-state index in [9.17, 15) is 13.2 Å². The molecule has 130 valence electrons. The van der Waals surface area contributed by atoms with Gasteiger partial charge in [0.25, 0.3) is 0 Å². The van der Waals surface area contributed by atoms with Crippen molar-refractivity contribution in [1.29, 1.82) is 0 Å². The first-order chi connectivity index (χ1) is 11.1. The quantitative estimate of drug-likeness (QED) is 0.757. The summed E-state index contributed by atoms with van der Waals surface area (Å²) in [6.07, 6.45) is 0. The Kier molecular flexibility index (Phi) is 5.79. The van der Waals surface area contributed by atoms with Crippen LogP contribution in [0.2, 0.25) is 0 Å². The number of carbonyl (C=O) groups is 1. The fourth-order valence-electron chi connectivity index (χ4n) is 2.09. The smallest absolute Gasteiger partial charge is 0.241 e. The Morgan fingerprint density at radius 3 is 2.58 bits per heavy atom. The molecule has 1 aromatic heterocycles. The predicted molar refractivity (Wildman–Crippen MR) is 99.7 cm³/mol. The maximum atomic E-state index is 12.5. The van der Waals surface area contributed by atoms with Crippen LogP contribution in [0.25, 0.3) is 10.4 Å². The fraction of sp³-hybridized carbons (Fsp3) is 0.333. The monoisotopic (exact) mass is 431 g/mol. The average molecular weight is 432 g/mol. The largest absolute Gasteiger partial charge is 0.302 e. The Labute approximate surface area is 153 Å². The first-order valence-corrected chi connectivity index (χ1v) is 10.3. The Bertz CT molecular complexity index is 876. The molecule has 0 saturated heterocycles. The number of nitrogens with one attached hydrogen (secondary N) is 2. The summed E-state index contributed by atoms with van der Waals surface area (Å²) < 4.78 is 28.0. The third-order valence-electron chi connectivity index (χ3n) is 2.95. The molecule has 24 heavy (non-hydrogen) atoms. The minimum absolute atomic E-state index is 0.169. The van der Waals surface area contributed by atoms with Crippen molar-refractivity contribution in [1.82, 2.24) is 9.71 Å². The molecule has 0 atom stereocenters. The van der Waals surface area contributed by atoms with E-state index in [2.05, 4.69) is 31.0 Å². The van der Waals surface area contributed by atoms with Crippen molar-refractivity contribution in [3.05, 3.63) is 28.4 Å². The second kappa shape index (κ2) is 7.30. The van der Waals surface area contributed by atoms with Crippen LogP contribution in [0.4, 0.5) is 5.13 Å². The average Bonchev–Trinajstić information content (AvgIpc) is 2.77. The predicted octanol–water partition coefficient (Wildman–Crippen LogP) is 3.53. The number of hydrogen-bond acceptors (Lipinski definition) is 5. The molecule has 2 N–H and O–H groups in total. The third kappa shape index (κ3) is 4.41. The molecule has 0 unspecified atom stereocenters. The number of aryl methyl sites for hydroxylation is 1. The molecule has 1 aromatic carbocycles. The zero-order chi connectivity index (χ0) is 18.1.